The van der Waals surface area contributed by atoms with Crippen molar-refractivity contribution in [3.8, 4) is 6.07 Å². The van der Waals surface area contributed by atoms with Gasteiger partial charge in [0.15, 0.2) is 5.78 Å². The number of carbonyl (C=O) groups excluding carboxylic acids is 1. The number of nitro groups is 1. The van der Waals surface area contributed by atoms with Crippen LogP contribution in [0.4, 0.5) is 11.4 Å². The zero-order valence-electron chi connectivity index (χ0n) is 20.0. The van der Waals surface area contributed by atoms with Gasteiger partial charge >= 0.3 is 0 Å². The molecule has 37 heavy (non-hydrogen) atoms. The third kappa shape index (κ3) is 4.26. The number of nitrogens with two attached hydrogens (primary N) is 1. The summed E-state index contributed by atoms with van der Waals surface area (Å²) in [7, 11) is 0. The van der Waals surface area contributed by atoms with Gasteiger partial charge in [-0.2, -0.15) is 5.26 Å². The van der Waals surface area contributed by atoms with Crippen LogP contribution in [0.3, 0.4) is 0 Å². The number of hydrogen-bond acceptors (Lipinski definition) is 6. The topological polar surface area (TPSA) is 113 Å². The highest BCUT2D eigenvalue weighted by molar-refractivity contribution is 6.30. The minimum absolute atomic E-state index is 0.0894. The predicted molar refractivity (Wildman–Crippen MR) is 142 cm³/mol. The van der Waals surface area contributed by atoms with Crippen LogP contribution in [-0.4, -0.2) is 10.7 Å². The van der Waals surface area contributed by atoms with Gasteiger partial charge in [0.2, 0.25) is 0 Å². The number of hydrogen-bond donors (Lipinski definition) is 1. The number of non-ortho nitro benzene ring substituents is 1. The molecule has 0 bridgehead atoms. The van der Waals surface area contributed by atoms with Gasteiger partial charge in [0, 0.05) is 34.8 Å². The fourth-order valence-corrected chi connectivity index (χ4v) is 5.54. The van der Waals surface area contributed by atoms with Gasteiger partial charge in [0.1, 0.15) is 5.82 Å². The second-order valence-corrected chi connectivity index (χ2v) is 9.70. The number of ketones is 1. The van der Waals surface area contributed by atoms with Crippen molar-refractivity contribution in [2.45, 2.75) is 31.6 Å². The summed E-state index contributed by atoms with van der Waals surface area (Å²) >= 11 is 6.29. The second-order valence-electron chi connectivity index (χ2n) is 9.26. The average molecular weight is 511 g/mol. The molecular formula is C29H23ClN4O3. The summed E-state index contributed by atoms with van der Waals surface area (Å²) in [6.07, 6.45) is 0.754. The molecule has 0 saturated carbocycles. The third-order valence-electron chi connectivity index (χ3n) is 7.06. The number of allylic oxidation sites excluding steroid dienone is 3. The van der Waals surface area contributed by atoms with E-state index < -0.39 is 10.8 Å². The molecule has 0 amide bonds. The van der Waals surface area contributed by atoms with Gasteiger partial charge in [-0.05, 0) is 48.1 Å². The molecule has 0 radical (unpaired) electrons. The van der Waals surface area contributed by atoms with Crippen molar-refractivity contribution < 1.29 is 9.72 Å². The molecule has 3 aromatic carbocycles. The molecule has 0 spiro atoms. The number of Topliss-reactive ketones (excluding diaryl/α,β-unsaturated/α-hetero) is 1. The molecule has 0 fully saturated rings. The number of benzene rings is 3. The van der Waals surface area contributed by atoms with Crippen molar-refractivity contribution >= 4 is 28.8 Å². The SMILES string of the molecule is Cc1ccc([N+](=O)[O-])cc1N1C(N)=C(C#N)[C@H](c2cccc(Cl)c2)C2=C1C[C@H](c1ccccc1)CC2=O. The van der Waals surface area contributed by atoms with E-state index in [2.05, 4.69) is 6.07 Å². The number of nitrogens with zero attached hydrogens (tertiary/aromatic N) is 3. The Morgan fingerprint density at radius 3 is 2.46 bits per heavy atom. The van der Waals surface area contributed by atoms with E-state index >= 15 is 0 Å². The maximum atomic E-state index is 13.9. The molecular weight excluding hydrogens is 488 g/mol. The first-order valence-corrected chi connectivity index (χ1v) is 12.2. The normalized spacial score (nSPS) is 19.5. The number of rotatable bonds is 4. The lowest BCUT2D eigenvalue weighted by atomic mass is 9.71. The third-order valence-corrected chi connectivity index (χ3v) is 7.30. The van der Waals surface area contributed by atoms with Crippen LogP contribution in [0.2, 0.25) is 5.02 Å². The van der Waals surface area contributed by atoms with Crippen LogP contribution in [0.1, 0.15) is 41.4 Å². The van der Waals surface area contributed by atoms with E-state index in [1.54, 1.807) is 29.2 Å². The van der Waals surface area contributed by atoms with Crippen LogP contribution < -0.4 is 10.6 Å². The lowest BCUT2D eigenvalue weighted by Crippen LogP contribution is -2.40. The number of halogens is 1. The van der Waals surface area contributed by atoms with Crippen LogP contribution in [-0.2, 0) is 4.79 Å². The highest BCUT2D eigenvalue weighted by Gasteiger charge is 2.43. The lowest BCUT2D eigenvalue weighted by Gasteiger charge is -2.42. The van der Waals surface area contributed by atoms with Crippen molar-refractivity contribution in [3.05, 3.63) is 127 Å². The van der Waals surface area contributed by atoms with Gasteiger partial charge < -0.3 is 5.73 Å². The standard InChI is InChI=1S/C29H23ClN4O3/c1-17-10-11-22(34(36)37)15-24(17)33-25-13-20(18-6-3-2-4-7-18)14-26(35)28(25)27(23(16-31)29(33)32)19-8-5-9-21(30)12-19/h2-12,15,20,27H,13-14,32H2,1H3/t20-,27-/m0/s1. The molecule has 2 atom stereocenters. The zero-order chi connectivity index (χ0) is 26.3. The van der Waals surface area contributed by atoms with Crippen molar-refractivity contribution in [1.82, 2.24) is 0 Å². The summed E-state index contributed by atoms with van der Waals surface area (Å²) in [5.41, 5.74) is 10.8. The zero-order valence-corrected chi connectivity index (χ0v) is 20.8. The van der Waals surface area contributed by atoms with Crippen LogP contribution >= 0.6 is 11.6 Å². The summed E-state index contributed by atoms with van der Waals surface area (Å²) in [4.78, 5) is 26.7. The van der Waals surface area contributed by atoms with Gasteiger partial charge in [-0.15, -0.1) is 0 Å². The molecule has 5 rings (SSSR count). The highest BCUT2D eigenvalue weighted by atomic mass is 35.5. The van der Waals surface area contributed by atoms with Gasteiger partial charge in [0.25, 0.3) is 5.69 Å². The maximum Gasteiger partial charge on any atom is 0.271 e. The minimum atomic E-state index is -0.682. The average Bonchev–Trinajstić information content (AvgIpc) is 2.89. The summed E-state index contributed by atoms with van der Waals surface area (Å²) in [5, 5.41) is 22.3. The van der Waals surface area contributed by atoms with Crippen LogP contribution in [0, 0.1) is 28.4 Å². The van der Waals surface area contributed by atoms with Crippen molar-refractivity contribution in [3.63, 3.8) is 0 Å². The quantitative estimate of drug-likeness (QED) is 0.327. The lowest BCUT2D eigenvalue weighted by molar-refractivity contribution is -0.384. The van der Waals surface area contributed by atoms with E-state index in [4.69, 9.17) is 17.3 Å². The molecule has 0 unspecified atom stereocenters. The van der Waals surface area contributed by atoms with Crippen molar-refractivity contribution in [2.24, 2.45) is 5.73 Å². The predicted octanol–water partition coefficient (Wildman–Crippen LogP) is 6.26. The van der Waals surface area contributed by atoms with E-state index in [0.717, 1.165) is 11.1 Å². The Hall–Kier alpha value is -4.41. The molecule has 0 saturated heterocycles. The van der Waals surface area contributed by atoms with Crippen LogP contribution in [0.25, 0.3) is 0 Å². The highest BCUT2D eigenvalue weighted by Crippen LogP contribution is 2.50. The largest absolute Gasteiger partial charge is 0.384 e. The molecule has 1 heterocycles. The molecule has 3 aromatic rings. The fraction of sp³-hybridized carbons (Fsp3) is 0.172. The first kappa shape index (κ1) is 24.3. The van der Waals surface area contributed by atoms with E-state index in [0.29, 0.717) is 34.0 Å². The van der Waals surface area contributed by atoms with Crippen LogP contribution in [0.5, 0.6) is 0 Å². The number of anilines is 1. The van der Waals surface area contributed by atoms with Crippen LogP contribution in [0.15, 0.2) is 95.5 Å². The molecule has 7 nitrogen and oxygen atoms in total. The Morgan fingerprint density at radius 2 is 1.78 bits per heavy atom. The molecule has 8 heteroatoms. The Balaban J connectivity index is 1.77. The maximum absolute atomic E-state index is 13.9. The first-order chi connectivity index (χ1) is 17.8. The Kier molecular flexibility index (Phi) is 6.28. The van der Waals surface area contributed by atoms with Gasteiger partial charge in [-0.1, -0.05) is 60.1 Å². The fourth-order valence-electron chi connectivity index (χ4n) is 5.34. The van der Waals surface area contributed by atoms with Gasteiger partial charge in [-0.25, -0.2) is 0 Å². The molecule has 2 aliphatic rings. The van der Waals surface area contributed by atoms with Crippen molar-refractivity contribution in [1.29, 1.82) is 5.26 Å². The van der Waals surface area contributed by atoms with E-state index in [1.165, 1.54) is 12.1 Å². The van der Waals surface area contributed by atoms with Gasteiger partial charge in [-0.3, -0.25) is 19.8 Å². The Morgan fingerprint density at radius 1 is 1.05 bits per heavy atom. The molecule has 2 N–H and O–H groups in total. The smallest absolute Gasteiger partial charge is 0.271 e. The van der Waals surface area contributed by atoms with Crippen molar-refractivity contribution in [2.75, 3.05) is 4.90 Å². The number of nitro benzene ring substituents is 1. The summed E-state index contributed by atoms with van der Waals surface area (Å²) in [5.74, 6) is -0.728. The van der Waals surface area contributed by atoms with E-state index in [1.807, 2.05) is 43.3 Å². The Bertz CT molecular complexity index is 1540. The number of nitriles is 1. The summed E-state index contributed by atoms with van der Waals surface area (Å²) in [6.45, 7) is 1.82. The molecule has 1 aliphatic carbocycles. The van der Waals surface area contributed by atoms with E-state index in [9.17, 15) is 20.2 Å². The number of aryl methyl sites for hydroxylation is 1. The second kappa shape index (κ2) is 9.57. The first-order valence-electron chi connectivity index (χ1n) is 11.8. The number of carbonyl (C=O) groups is 1. The molecule has 0 aromatic heterocycles. The molecule has 1 aliphatic heterocycles. The minimum Gasteiger partial charge on any atom is -0.384 e. The molecule has 184 valence electrons. The van der Waals surface area contributed by atoms with Gasteiger partial charge in [0.05, 0.1) is 28.2 Å². The van der Waals surface area contributed by atoms with E-state index in [-0.39, 0.29) is 35.2 Å². The summed E-state index contributed by atoms with van der Waals surface area (Å²) in [6, 6.07) is 23.6. The Labute approximate surface area is 219 Å². The summed E-state index contributed by atoms with van der Waals surface area (Å²) < 4.78 is 0. The monoisotopic (exact) mass is 510 g/mol.